The van der Waals surface area contributed by atoms with Gasteiger partial charge >= 0.3 is 6.03 Å². The van der Waals surface area contributed by atoms with Gasteiger partial charge in [0.05, 0.1) is 19.4 Å². The number of hydrogen-bond acceptors (Lipinski definition) is 3. The topological polar surface area (TPSA) is 54.7 Å². The summed E-state index contributed by atoms with van der Waals surface area (Å²) in [6.07, 6.45) is 2.36. The minimum Gasteiger partial charge on any atom is -0.494 e. The molecule has 0 fully saturated rings. The Morgan fingerprint density at radius 3 is 2.76 bits per heavy atom. The van der Waals surface area contributed by atoms with Crippen LogP contribution in [0.2, 0.25) is 0 Å². The molecule has 112 valence electrons. The second kappa shape index (κ2) is 7.99. The number of para-hydroxylation sites is 1. The Bertz CT molecular complexity index is 526. The van der Waals surface area contributed by atoms with E-state index in [0.29, 0.717) is 19.7 Å². The molecule has 0 aliphatic heterocycles. The number of nitrogens with one attached hydrogen (secondary N) is 1. The van der Waals surface area contributed by atoms with Crippen LogP contribution in [0.3, 0.4) is 0 Å². The summed E-state index contributed by atoms with van der Waals surface area (Å²) in [7, 11) is 1.73. The summed E-state index contributed by atoms with van der Waals surface area (Å²) in [6.45, 7) is 1.61. The first-order chi connectivity index (χ1) is 10.3. The Kier molecular flexibility index (Phi) is 5.70. The highest BCUT2D eigenvalue weighted by Crippen LogP contribution is 2.08. The number of amides is 2. The zero-order valence-corrected chi connectivity index (χ0v) is 12.1. The first kappa shape index (κ1) is 15.0. The van der Waals surface area contributed by atoms with Gasteiger partial charge in [0.25, 0.3) is 0 Å². The van der Waals surface area contributed by atoms with Crippen molar-refractivity contribution in [2.45, 2.75) is 13.0 Å². The Balaban J connectivity index is 1.58. The molecule has 0 saturated heterocycles. The summed E-state index contributed by atoms with van der Waals surface area (Å²) in [5.41, 5.74) is 0. The maximum atomic E-state index is 11.8. The van der Waals surface area contributed by atoms with Gasteiger partial charge in [-0.05, 0) is 30.7 Å². The highest BCUT2D eigenvalue weighted by molar-refractivity contribution is 5.73. The smallest absolute Gasteiger partial charge is 0.317 e. The van der Waals surface area contributed by atoms with E-state index < -0.39 is 0 Å². The lowest BCUT2D eigenvalue weighted by Crippen LogP contribution is -2.37. The third kappa shape index (κ3) is 5.22. The largest absolute Gasteiger partial charge is 0.494 e. The number of urea groups is 1. The zero-order chi connectivity index (χ0) is 14.9. The van der Waals surface area contributed by atoms with Crippen LogP contribution in [0.1, 0.15) is 12.2 Å². The van der Waals surface area contributed by atoms with Crippen molar-refractivity contribution < 1.29 is 13.9 Å². The molecule has 2 amide bonds. The molecule has 1 aromatic carbocycles. The number of ether oxygens (including phenoxy) is 1. The van der Waals surface area contributed by atoms with Crippen molar-refractivity contribution in [3.05, 3.63) is 54.5 Å². The van der Waals surface area contributed by atoms with Crippen molar-refractivity contribution in [3.8, 4) is 5.75 Å². The molecule has 5 heteroatoms. The van der Waals surface area contributed by atoms with Crippen LogP contribution >= 0.6 is 0 Å². The highest BCUT2D eigenvalue weighted by atomic mass is 16.5. The van der Waals surface area contributed by atoms with E-state index in [1.165, 1.54) is 0 Å². The van der Waals surface area contributed by atoms with E-state index in [1.54, 1.807) is 18.2 Å². The summed E-state index contributed by atoms with van der Waals surface area (Å²) in [5.74, 6) is 1.61. The predicted octanol–water partition coefficient (Wildman–Crippen LogP) is 2.89. The minimum absolute atomic E-state index is 0.119. The highest BCUT2D eigenvalue weighted by Gasteiger charge is 2.09. The molecule has 0 unspecified atom stereocenters. The molecule has 0 aliphatic carbocycles. The molecule has 0 atom stereocenters. The standard InChI is InChI=1S/C16H20N2O3/c1-18(13-15-9-5-11-21-15)16(19)17-10-6-12-20-14-7-3-2-4-8-14/h2-5,7-9,11H,6,10,12-13H2,1H3,(H,17,19). The normalized spacial score (nSPS) is 10.1. The molecular weight excluding hydrogens is 268 g/mol. The average molecular weight is 288 g/mol. The number of hydrogen-bond donors (Lipinski definition) is 1. The van der Waals surface area contributed by atoms with E-state index in [9.17, 15) is 4.79 Å². The molecule has 0 spiro atoms. The molecule has 21 heavy (non-hydrogen) atoms. The number of furan rings is 1. The number of nitrogens with zero attached hydrogens (tertiary/aromatic N) is 1. The van der Waals surface area contributed by atoms with Gasteiger partial charge in [-0.1, -0.05) is 18.2 Å². The van der Waals surface area contributed by atoms with Crippen LogP contribution in [0.4, 0.5) is 4.79 Å². The van der Waals surface area contributed by atoms with E-state index >= 15 is 0 Å². The van der Waals surface area contributed by atoms with E-state index in [0.717, 1.165) is 17.9 Å². The van der Waals surface area contributed by atoms with Gasteiger partial charge in [0.1, 0.15) is 11.5 Å². The van der Waals surface area contributed by atoms with Gasteiger partial charge < -0.3 is 19.4 Å². The summed E-state index contributed by atoms with van der Waals surface area (Å²) in [4.78, 5) is 13.4. The Labute approximate surface area is 124 Å². The van der Waals surface area contributed by atoms with E-state index in [1.807, 2.05) is 42.5 Å². The third-order valence-electron chi connectivity index (χ3n) is 2.93. The van der Waals surface area contributed by atoms with E-state index in [4.69, 9.17) is 9.15 Å². The predicted molar refractivity (Wildman–Crippen MR) is 80.1 cm³/mol. The Hall–Kier alpha value is -2.43. The lowest BCUT2D eigenvalue weighted by molar-refractivity contribution is 0.202. The molecular formula is C16H20N2O3. The van der Waals surface area contributed by atoms with Gasteiger partial charge in [-0.25, -0.2) is 4.79 Å². The van der Waals surface area contributed by atoms with Crippen molar-refractivity contribution in [1.29, 1.82) is 0 Å². The zero-order valence-electron chi connectivity index (χ0n) is 12.1. The quantitative estimate of drug-likeness (QED) is 0.797. The van der Waals surface area contributed by atoms with Crippen LogP contribution < -0.4 is 10.1 Å². The van der Waals surface area contributed by atoms with Gasteiger partial charge in [0.2, 0.25) is 0 Å². The van der Waals surface area contributed by atoms with Crippen LogP contribution in [0.5, 0.6) is 5.75 Å². The Morgan fingerprint density at radius 2 is 2.05 bits per heavy atom. The molecule has 2 aromatic rings. The first-order valence-electron chi connectivity index (χ1n) is 6.95. The lowest BCUT2D eigenvalue weighted by Gasteiger charge is -2.16. The van der Waals surface area contributed by atoms with Crippen LogP contribution in [-0.4, -0.2) is 31.1 Å². The van der Waals surface area contributed by atoms with Crippen molar-refractivity contribution in [3.63, 3.8) is 0 Å². The van der Waals surface area contributed by atoms with Crippen LogP contribution in [-0.2, 0) is 6.54 Å². The van der Waals surface area contributed by atoms with Crippen LogP contribution in [0.15, 0.2) is 53.1 Å². The molecule has 2 rings (SSSR count). The van der Waals surface area contributed by atoms with E-state index in [2.05, 4.69) is 5.32 Å². The monoisotopic (exact) mass is 288 g/mol. The third-order valence-corrected chi connectivity index (χ3v) is 2.93. The number of carbonyl (C=O) groups excluding carboxylic acids is 1. The van der Waals surface area contributed by atoms with E-state index in [-0.39, 0.29) is 6.03 Å². The van der Waals surface area contributed by atoms with Crippen LogP contribution in [0.25, 0.3) is 0 Å². The lowest BCUT2D eigenvalue weighted by atomic mass is 10.3. The van der Waals surface area contributed by atoms with Crippen molar-refractivity contribution in [1.82, 2.24) is 10.2 Å². The summed E-state index contributed by atoms with van der Waals surface area (Å²) >= 11 is 0. The fourth-order valence-electron chi connectivity index (χ4n) is 1.82. The number of carbonyl (C=O) groups is 1. The SMILES string of the molecule is CN(Cc1ccco1)C(=O)NCCCOc1ccccc1. The summed E-state index contributed by atoms with van der Waals surface area (Å²) < 4.78 is 10.8. The fraction of sp³-hybridized carbons (Fsp3) is 0.312. The van der Waals surface area contributed by atoms with Gasteiger partial charge in [-0.15, -0.1) is 0 Å². The number of benzene rings is 1. The van der Waals surface area contributed by atoms with Gasteiger partial charge in [0, 0.05) is 13.6 Å². The minimum atomic E-state index is -0.119. The fourth-order valence-corrected chi connectivity index (χ4v) is 1.82. The summed E-state index contributed by atoms with van der Waals surface area (Å²) in [5, 5.41) is 2.85. The van der Waals surface area contributed by atoms with Crippen molar-refractivity contribution in [2.24, 2.45) is 0 Å². The van der Waals surface area contributed by atoms with Crippen molar-refractivity contribution in [2.75, 3.05) is 20.2 Å². The maximum absolute atomic E-state index is 11.8. The molecule has 1 heterocycles. The molecule has 0 radical (unpaired) electrons. The molecule has 0 saturated carbocycles. The van der Waals surface area contributed by atoms with Gasteiger partial charge in [-0.2, -0.15) is 0 Å². The maximum Gasteiger partial charge on any atom is 0.317 e. The first-order valence-corrected chi connectivity index (χ1v) is 6.95. The second-order valence-corrected chi connectivity index (χ2v) is 4.68. The Morgan fingerprint density at radius 1 is 1.24 bits per heavy atom. The van der Waals surface area contributed by atoms with Crippen LogP contribution in [0, 0.1) is 0 Å². The number of rotatable bonds is 7. The summed E-state index contributed by atoms with van der Waals surface area (Å²) in [6, 6.07) is 13.2. The molecule has 1 aromatic heterocycles. The van der Waals surface area contributed by atoms with Gasteiger partial charge in [0.15, 0.2) is 0 Å². The molecule has 1 N–H and O–H groups in total. The molecule has 0 bridgehead atoms. The second-order valence-electron chi connectivity index (χ2n) is 4.68. The van der Waals surface area contributed by atoms with Gasteiger partial charge in [-0.3, -0.25) is 0 Å². The van der Waals surface area contributed by atoms with Crippen molar-refractivity contribution >= 4 is 6.03 Å². The average Bonchev–Trinajstić information content (AvgIpc) is 3.00. The molecule has 5 nitrogen and oxygen atoms in total. The molecule has 0 aliphatic rings.